The number of alkyl halides is 3. The third-order valence-corrected chi connectivity index (χ3v) is 2.74. The lowest BCUT2D eigenvalue weighted by Crippen LogP contribution is -2.32. The molecule has 1 heterocycles. The fourth-order valence-electron chi connectivity index (χ4n) is 1.83. The van der Waals surface area contributed by atoms with E-state index in [-0.39, 0.29) is 11.8 Å². The molecule has 1 aliphatic rings. The summed E-state index contributed by atoms with van der Waals surface area (Å²) < 4.78 is 39.7. The molecule has 0 aromatic heterocycles. The number of urea groups is 1. The SMILES string of the molecule is O=C1NCCN1CCNc1ccc(OC(F)(F)F)cc1. The van der Waals surface area contributed by atoms with Crippen molar-refractivity contribution in [2.45, 2.75) is 6.36 Å². The summed E-state index contributed by atoms with van der Waals surface area (Å²) in [5, 5.41) is 5.71. The first-order chi connectivity index (χ1) is 9.44. The molecule has 5 nitrogen and oxygen atoms in total. The number of nitrogens with one attached hydrogen (secondary N) is 2. The first-order valence-corrected chi connectivity index (χ1v) is 6.06. The Kier molecular flexibility index (Phi) is 4.21. The molecule has 110 valence electrons. The van der Waals surface area contributed by atoms with Crippen LogP contribution in [0.5, 0.6) is 5.75 Å². The van der Waals surface area contributed by atoms with Gasteiger partial charge in [-0.2, -0.15) is 0 Å². The molecule has 0 aliphatic carbocycles. The molecule has 0 unspecified atom stereocenters. The number of nitrogens with zero attached hydrogens (tertiary/aromatic N) is 1. The van der Waals surface area contributed by atoms with E-state index in [1.54, 1.807) is 4.90 Å². The summed E-state index contributed by atoms with van der Waals surface area (Å²) in [6.07, 6.45) is -4.68. The van der Waals surface area contributed by atoms with Crippen LogP contribution in [0.2, 0.25) is 0 Å². The van der Waals surface area contributed by atoms with Gasteiger partial charge in [0, 0.05) is 31.9 Å². The third-order valence-electron chi connectivity index (χ3n) is 2.74. The van der Waals surface area contributed by atoms with E-state index in [4.69, 9.17) is 0 Å². The highest BCUT2D eigenvalue weighted by molar-refractivity contribution is 5.76. The number of benzene rings is 1. The predicted molar refractivity (Wildman–Crippen MR) is 66.6 cm³/mol. The summed E-state index contributed by atoms with van der Waals surface area (Å²) in [6, 6.07) is 5.35. The molecule has 1 aromatic rings. The molecular formula is C12H14F3N3O2. The van der Waals surface area contributed by atoms with Crippen molar-refractivity contribution in [2.24, 2.45) is 0 Å². The predicted octanol–water partition coefficient (Wildman–Crippen LogP) is 2.02. The van der Waals surface area contributed by atoms with Gasteiger partial charge in [0.25, 0.3) is 0 Å². The normalized spacial score (nSPS) is 15.2. The Morgan fingerprint density at radius 3 is 2.55 bits per heavy atom. The molecule has 2 rings (SSSR count). The van der Waals surface area contributed by atoms with Gasteiger partial charge in [-0.15, -0.1) is 13.2 Å². The number of rotatable bonds is 5. The van der Waals surface area contributed by atoms with E-state index in [0.717, 1.165) is 0 Å². The molecular weight excluding hydrogens is 275 g/mol. The van der Waals surface area contributed by atoms with E-state index in [0.29, 0.717) is 31.9 Å². The number of amides is 2. The van der Waals surface area contributed by atoms with Crippen molar-refractivity contribution in [2.75, 3.05) is 31.5 Å². The molecule has 0 atom stereocenters. The molecule has 0 spiro atoms. The Morgan fingerprint density at radius 1 is 1.30 bits per heavy atom. The van der Waals surface area contributed by atoms with Crippen LogP contribution in [-0.2, 0) is 0 Å². The quantitative estimate of drug-likeness (QED) is 0.872. The monoisotopic (exact) mass is 289 g/mol. The largest absolute Gasteiger partial charge is 0.573 e. The average Bonchev–Trinajstić information content (AvgIpc) is 2.76. The van der Waals surface area contributed by atoms with Crippen LogP contribution in [0.15, 0.2) is 24.3 Å². The molecule has 2 N–H and O–H groups in total. The Balaban J connectivity index is 1.77. The maximum Gasteiger partial charge on any atom is 0.573 e. The zero-order chi connectivity index (χ0) is 14.6. The van der Waals surface area contributed by atoms with Crippen LogP contribution in [0, 0.1) is 0 Å². The van der Waals surface area contributed by atoms with E-state index in [2.05, 4.69) is 15.4 Å². The van der Waals surface area contributed by atoms with Gasteiger partial charge in [0.2, 0.25) is 0 Å². The van der Waals surface area contributed by atoms with E-state index < -0.39 is 6.36 Å². The fraction of sp³-hybridized carbons (Fsp3) is 0.417. The summed E-state index contributed by atoms with van der Waals surface area (Å²) in [6.45, 7) is 2.36. The van der Waals surface area contributed by atoms with Crippen molar-refractivity contribution in [3.63, 3.8) is 0 Å². The molecule has 20 heavy (non-hydrogen) atoms. The van der Waals surface area contributed by atoms with Crippen LogP contribution in [-0.4, -0.2) is 43.5 Å². The standard InChI is InChI=1S/C12H14F3N3O2/c13-12(14,15)20-10-3-1-9(2-4-10)16-5-7-18-8-6-17-11(18)19/h1-4,16H,5-8H2,(H,17,19). The van der Waals surface area contributed by atoms with Gasteiger partial charge in [-0.3, -0.25) is 0 Å². The van der Waals surface area contributed by atoms with Crippen LogP contribution in [0.3, 0.4) is 0 Å². The van der Waals surface area contributed by atoms with Crippen LogP contribution in [0.25, 0.3) is 0 Å². The summed E-state index contributed by atoms with van der Waals surface area (Å²) >= 11 is 0. The lowest BCUT2D eigenvalue weighted by molar-refractivity contribution is -0.274. The van der Waals surface area contributed by atoms with Crippen molar-refractivity contribution in [1.82, 2.24) is 10.2 Å². The second kappa shape index (κ2) is 5.89. The van der Waals surface area contributed by atoms with Gasteiger partial charge < -0.3 is 20.3 Å². The van der Waals surface area contributed by atoms with Crippen molar-refractivity contribution < 1.29 is 22.7 Å². The number of carbonyl (C=O) groups excluding carboxylic acids is 1. The molecule has 8 heteroatoms. The maximum absolute atomic E-state index is 12.0. The number of ether oxygens (including phenoxy) is 1. The molecule has 1 fully saturated rings. The average molecular weight is 289 g/mol. The Labute approximate surface area is 113 Å². The lowest BCUT2D eigenvalue weighted by Gasteiger charge is -2.15. The zero-order valence-corrected chi connectivity index (χ0v) is 10.5. The van der Waals surface area contributed by atoms with Crippen molar-refractivity contribution >= 4 is 11.7 Å². The molecule has 1 aromatic carbocycles. The van der Waals surface area contributed by atoms with Gasteiger partial charge in [0.15, 0.2) is 0 Å². The number of hydrogen-bond acceptors (Lipinski definition) is 3. The minimum Gasteiger partial charge on any atom is -0.406 e. The minimum atomic E-state index is -4.68. The molecule has 0 radical (unpaired) electrons. The summed E-state index contributed by atoms with van der Waals surface area (Å²) in [7, 11) is 0. The number of anilines is 1. The van der Waals surface area contributed by atoms with E-state index in [9.17, 15) is 18.0 Å². The van der Waals surface area contributed by atoms with Gasteiger partial charge in [-0.1, -0.05) is 0 Å². The lowest BCUT2D eigenvalue weighted by atomic mass is 10.3. The highest BCUT2D eigenvalue weighted by atomic mass is 19.4. The molecule has 1 saturated heterocycles. The second-order valence-electron chi connectivity index (χ2n) is 4.22. The molecule has 1 aliphatic heterocycles. The Bertz CT molecular complexity index is 462. The first-order valence-electron chi connectivity index (χ1n) is 6.06. The number of hydrogen-bond donors (Lipinski definition) is 2. The highest BCUT2D eigenvalue weighted by Gasteiger charge is 2.30. The molecule has 0 saturated carbocycles. The van der Waals surface area contributed by atoms with Crippen molar-refractivity contribution in [3.8, 4) is 5.75 Å². The summed E-state index contributed by atoms with van der Waals surface area (Å²) in [5.41, 5.74) is 0.666. The van der Waals surface area contributed by atoms with Gasteiger partial charge in [0.05, 0.1) is 0 Å². The minimum absolute atomic E-state index is 0.0966. The third kappa shape index (κ3) is 4.22. The summed E-state index contributed by atoms with van der Waals surface area (Å²) in [5.74, 6) is -0.262. The van der Waals surface area contributed by atoms with Crippen molar-refractivity contribution in [3.05, 3.63) is 24.3 Å². The van der Waals surface area contributed by atoms with E-state index in [1.165, 1.54) is 24.3 Å². The first kappa shape index (κ1) is 14.3. The van der Waals surface area contributed by atoms with Gasteiger partial charge >= 0.3 is 12.4 Å². The van der Waals surface area contributed by atoms with E-state index >= 15 is 0 Å². The topological polar surface area (TPSA) is 53.6 Å². The van der Waals surface area contributed by atoms with Crippen LogP contribution >= 0.6 is 0 Å². The molecule has 2 amide bonds. The van der Waals surface area contributed by atoms with Gasteiger partial charge in [-0.25, -0.2) is 4.79 Å². The van der Waals surface area contributed by atoms with Gasteiger partial charge in [0.1, 0.15) is 5.75 Å². The zero-order valence-electron chi connectivity index (χ0n) is 10.5. The maximum atomic E-state index is 12.0. The number of carbonyl (C=O) groups is 1. The fourth-order valence-corrected chi connectivity index (χ4v) is 1.83. The van der Waals surface area contributed by atoms with Crippen LogP contribution in [0.1, 0.15) is 0 Å². The van der Waals surface area contributed by atoms with Crippen molar-refractivity contribution in [1.29, 1.82) is 0 Å². The second-order valence-corrected chi connectivity index (χ2v) is 4.22. The van der Waals surface area contributed by atoms with Crippen LogP contribution < -0.4 is 15.4 Å². The number of halogens is 3. The Morgan fingerprint density at radius 2 is 2.00 bits per heavy atom. The van der Waals surface area contributed by atoms with Crippen LogP contribution in [0.4, 0.5) is 23.7 Å². The Hall–Kier alpha value is -2.12. The smallest absolute Gasteiger partial charge is 0.406 e. The highest BCUT2D eigenvalue weighted by Crippen LogP contribution is 2.23. The van der Waals surface area contributed by atoms with Gasteiger partial charge in [-0.05, 0) is 24.3 Å². The van der Waals surface area contributed by atoms with E-state index in [1.807, 2.05) is 0 Å². The molecule has 0 bridgehead atoms. The summed E-state index contributed by atoms with van der Waals surface area (Å²) in [4.78, 5) is 12.9.